The molecule has 49 heavy (non-hydrogen) atoms. The highest BCUT2D eigenvalue weighted by Crippen LogP contribution is 2.32. The van der Waals surface area contributed by atoms with E-state index in [4.69, 9.17) is 0 Å². The third kappa shape index (κ3) is 7.03. The minimum Gasteiger partial charge on any atom is -0.353 e. The predicted octanol–water partition coefficient (Wildman–Crippen LogP) is 4.42. The Bertz CT molecular complexity index is 1940. The van der Waals surface area contributed by atoms with Gasteiger partial charge in [0.1, 0.15) is 11.3 Å². The van der Waals surface area contributed by atoms with E-state index in [0.717, 1.165) is 42.7 Å². The van der Waals surface area contributed by atoms with Crippen molar-refractivity contribution in [3.05, 3.63) is 87.8 Å². The van der Waals surface area contributed by atoms with E-state index in [1.807, 2.05) is 0 Å². The average Bonchev–Trinajstić information content (AvgIpc) is 3.67. The molecule has 2 amide bonds. The molecule has 0 spiro atoms. The van der Waals surface area contributed by atoms with Crippen LogP contribution >= 0.6 is 0 Å². The van der Waals surface area contributed by atoms with E-state index in [0.29, 0.717) is 42.6 Å². The number of likely N-dealkylation sites (tertiary alicyclic amines) is 1. The summed E-state index contributed by atoms with van der Waals surface area (Å²) in [4.78, 5) is 43.4. The molecule has 2 aliphatic rings. The maximum absolute atomic E-state index is 14.1. The van der Waals surface area contributed by atoms with E-state index in [1.165, 1.54) is 34.7 Å². The number of nitrogens with zero attached hydrogens (tertiary/aromatic N) is 6. The molecule has 1 aliphatic heterocycles. The second-order valence-corrected chi connectivity index (χ2v) is 12.8. The number of nitrogens with one attached hydrogen (secondary N) is 2. The van der Waals surface area contributed by atoms with E-state index in [-0.39, 0.29) is 40.9 Å². The van der Waals surface area contributed by atoms with E-state index in [1.54, 1.807) is 30.3 Å². The molecule has 2 aromatic heterocycles. The molecule has 11 nitrogen and oxygen atoms in total. The number of carbonyl (C=O) groups excluding carboxylic acids is 2. The van der Waals surface area contributed by atoms with Crippen molar-refractivity contribution in [3.8, 4) is 28.8 Å². The van der Waals surface area contributed by atoms with Crippen LogP contribution in [0.1, 0.15) is 60.0 Å². The molecule has 0 atom stereocenters. The number of piperidine rings is 1. The first-order valence-electron chi connectivity index (χ1n) is 16.3. The lowest BCUT2D eigenvalue weighted by Crippen LogP contribution is -2.47. The van der Waals surface area contributed by atoms with Crippen LogP contribution in [0.15, 0.2) is 65.6 Å². The van der Waals surface area contributed by atoms with E-state index in [2.05, 4.69) is 33.7 Å². The van der Waals surface area contributed by atoms with Crippen LogP contribution in [0.2, 0.25) is 0 Å². The van der Waals surface area contributed by atoms with Gasteiger partial charge in [0.15, 0.2) is 0 Å². The molecule has 6 rings (SSSR count). The van der Waals surface area contributed by atoms with Crippen molar-refractivity contribution >= 4 is 11.8 Å². The molecular formula is C35H37F3N8O3. The number of hydrogen-bond donors (Lipinski definition) is 2. The third-order valence-electron chi connectivity index (χ3n) is 9.54. The van der Waals surface area contributed by atoms with Crippen molar-refractivity contribution in [3.63, 3.8) is 0 Å². The summed E-state index contributed by atoms with van der Waals surface area (Å²) in [6.45, 7) is 1.88. The van der Waals surface area contributed by atoms with Crippen molar-refractivity contribution in [2.75, 3.05) is 20.1 Å². The zero-order chi connectivity index (χ0) is 34.9. The zero-order valence-corrected chi connectivity index (χ0v) is 27.2. The van der Waals surface area contributed by atoms with Crippen molar-refractivity contribution in [1.82, 2.24) is 34.7 Å². The van der Waals surface area contributed by atoms with Crippen LogP contribution < -0.4 is 16.2 Å². The first-order valence-corrected chi connectivity index (χ1v) is 16.3. The monoisotopic (exact) mass is 674 g/mol. The minimum atomic E-state index is -4.65. The summed E-state index contributed by atoms with van der Waals surface area (Å²) < 4.78 is 44.9. The summed E-state index contributed by atoms with van der Waals surface area (Å²) in [5, 5.41) is 19.8. The number of nitriles is 1. The van der Waals surface area contributed by atoms with Gasteiger partial charge in [0, 0.05) is 25.0 Å². The molecular weight excluding hydrogens is 637 g/mol. The highest BCUT2D eigenvalue weighted by atomic mass is 19.4. The molecule has 4 aromatic rings. The normalized spacial score (nSPS) is 18.9. The molecule has 2 N–H and O–H groups in total. The van der Waals surface area contributed by atoms with Gasteiger partial charge in [-0.05, 0) is 107 Å². The second kappa shape index (κ2) is 13.8. The highest BCUT2D eigenvalue weighted by Gasteiger charge is 2.34. The van der Waals surface area contributed by atoms with Crippen LogP contribution in [0.5, 0.6) is 0 Å². The molecule has 1 saturated heterocycles. The van der Waals surface area contributed by atoms with Crippen LogP contribution in [0, 0.1) is 17.2 Å². The number of hydrogen-bond acceptors (Lipinski definition) is 6. The minimum absolute atomic E-state index is 0.0321. The Morgan fingerprint density at radius 1 is 0.898 bits per heavy atom. The van der Waals surface area contributed by atoms with Gasteiger partial charge in [0.2, 0.25) is 5.91 Å². The zero-order valence-electron chi connectivity index (χ0n) is 27.2. The Kier molecular flexibility index (Phi) is 9.47. The number of carbonyl (C=O) groups is 2. The Labute approximate surface area is 280 Å². The number of alkyl halides is 3. The average molecular weight is 675 g/mol. The number of benzene rings is 2. The molecule has 14 heteroatoms. The van der Waals surface area contributed by atoms with Crippen molar-refractivity contribution in [1.29, 1.82) is 5.26 Å². The fraction of sp³-hybridized carbons (Fsp3) is 0.400. The van der Waals surface area contributed by atoms with Gasteiger partial charge < -0.3 is 15.5 Å². The number of halogens is 3. The summed E-state index contributed by atoms with van der Waals surface area (Å²) in [7, 11) is 3.56. The van der Waals surface area contributed by atoms with Gasteiger partial charge in [-0.2, -0.15) is 23.5 Å². The number of rotatable bonds is 7. The smallest absolute Gasteiger partial charge is 0.353 e. The maximum atomic E-state index is 14.1. The van der Waals surface area contributed by atoms with Gasteiger partial charge in [-0.3, -0.25) is 19.1 Å². The summed E-state index contributed by atoms with van der Waals surface area (Å²) in [5.41, 5.74) is -0.600. The van der Waals surface area contributed by atoms with E-state index < -0.39 is 23.2 Å². The third-order valence-corrected chi connectivity index (χ3v) is 9.54. The van der Waals surface area contributed by atoms with Crippen LogP contribution in [-0.4, -0.2) is 68.1 Å². The van der Waals surface area contributed by atoms with Crippen molar-refractivity contribution < 1.29 is 22.8 Å². The van der Waals surface area contributed by atoms with Gasteiger partial charge in [-0.15, -0.1) is 0 Å². The van der Waals surface area contributed by atoms with Gasteiger partial charge in [0.05, 0.1) is 40.5 Å². The fourth-order valence-electron chi connectivity index (χ4n) is 6.80. The molecule has 3 heterocycles. The Hall–Kier alpha value is -5.16. The second-order valence-electron chi connectivity index (χ2n) is 12.8. The molecule has 2 fully saturated rings. The van der Waals surface area contributed by atoms with Gasteiger partial charge in [0.25, 0.3) is 11.5 Å². The van der Waals surface area contributed by atoms with Gasteiger partial charge in [-0.25, -0.2) is 9.36 Å². The van der Waals surface area contributed by atoms with Gasteiger partial charge >= 0.3 is 6.18 Å². The summed E-state index contributed by atoms with van der Waals surface area (Å²) in [5.74, 6) is -0.808. The molecule has 1 aliphatic carbocycles. The van der Waals surface area contributed by atoms with Gasteiger partial charge in [-0.1, -0.05) is 6.07 Å². The summed E-state index contributed by atoms with van der Waals surface area (Å²) >= 11 is 0. The van der Waals surface area contributed by atoms with Crippen LogP contribution in [0.3, 0.4) is 0 Å². The highest BCUT2D eigenvalue weighted by molar-refractivity contribution is 6.00. The maximum Gasteiger partial charge on any atom is 0.416 e. The quantitative estimate of drug-likeness (QED) is 0.299. The Balaban J connectivity index is 1.30. The molecule has 0 bridgehead atoms. The summed E-state index contributed by atoms with van der Waals surface area (Å²) in [6, 6.07) is 14.4. The van der Waals surface area contributed by atoms with E-state index in [9.17, 15) is 32.8 Å². The van der Waals surface area contributed by atoms with Crippen LogP contribution in [0.4, 0.5) is 13.2 Å². The van der Waals surface area contributed by atoms with Crippen molar-refractivity contribution in [2.24, 2.45) is 13.0 Å². The first-order chi connectivity index (χ1) is 23.4. The van der Waals surface area contributed by atoms with E-state index >= 15 is 0 Å². The Morgan fingerprint density at radius 2 is 1.57 bits per heavy atom. The Morgan fingerprint density at radius 3 is 2.22 bits per heavy atom. The standard InChI is InChI=1S/C35H37F3N8O3/c1-43-18-15-26(16-19-43)41-32(47)23-8-10-25(11-9-23)42-33(48)30-31(29-14-17-40-45(29)27-12-6-22(21-39)7-13-27)44(2)46(34(30)49)28-5-3-4-24(20-28)35(36,37)38/h3-7,12-14,17,20,23,25-26H,8-11,15-16,18-19H2,1-2H3,(H,41,47)(H,42,48). The predicted molar refractivity (Wildman–Crippen MR) is 175 cm³/mol. The molecule has 0 radical (unpaired) electrons. The molecule has 2 aromatic carbocycles. The van der Waals surface area contributed by atoms with Crippen molar-refractivity contribution in [2.45, 2.75) is 56.8 Å². The topological polar surface area (TPSA) is 130 Å². The lowest BCUT2D eigenvalue weighted by Gasteiger charge is -2.32. The summed E-state index contributed by atoms with van der Waals surface area (Å²) in [6.07, 6.45) is 0.874. The molecule has 1 saturated carbocycles. The lowest BCUT2D eigenvalue weighted by atomic mass is 9.85. The largest absolute Gasteiger partial charge is 0.416 e. The lowest BCUT2D eigenvalue weighted by molar-refractivity contribution is -0.137. The first kappa shape index (κ1) is 33.7. The number of aromatic nitrogens is 4. The van der Waals surface area contributed by atoms with Crippen LogP contribution in [-0.2, 0) is 18.0 Å². The fourth-order valence-corrected chi connectivity index (χ4v) is 6.80. The number of amides is 2. The molecule has 256 valence electrons. The van der Waals surface area contributed by atoms with Crippen LogP contribution in [0.25, 0.3) is 22.8 Å². The SMILES string of the molecule is CN1CCC(NC(=O)C2CCC(NC(=O)c3c(-c4ccnn4-c4ccc(C#N)cc4)n(C)n(-c4cccc(C(F)(F)F)c4)c3=O)CC2)CC1. The molecule has 0 unspecified atom stereocenters.